The molecular weight excluding hydrogens is 304 g/mol. The van der Waals surface area contributed by atoms with Gasteiger partial charge in [0.25, 0.3) is 0 Å². The standard InChI is InChI=1S/C14H20N4O3S/c1-22(19,20)9-6-11(15)14-16-13(17-21-14)12(10-4-5-10)18-7-2-3-8-18/h2-3,7-8,10-12H,4-6,9,15H2,1H3/t11-,12+/m0/s1. The summed E-state index contributed by atoms with van der Waals surface area (Å²) in [6.45, 7) is 0. The highest BCUT2D eigenvalue weighted by molar-refractivity contribution is 7.90. The molecule has 3 rings (SSSR count). The van der Waals surface area contributed by atoms with Crippen LogP contribution in [-0.2, 0) is 9.84 Å². The van der Waals surface area contributed by atoms with E-state index >= 15 is 0 Å². The molecule has 1 aliphatic carbocycles. The lowest BCUT2D eigenvalue weighted by Crippen LogP contribution is -2.17. The summed E-state index contributed by atoms with van der Waals surface area (Å²) in [7, 11) is -3.05. The molecule has 2 aromatic rings. The van der Waals surface area contributed by atoms with Crippen molar-refractivity contribution in [3.8, 4) is 0 Å². The normalized spacial score (nSPS) is 18.3. The van der Waals surface area contributed by atoms with Gasteiger partial charge in [-0.25, -0.2) is 8.42 Å². The lowest BCUT2D eigenvalue weighted by atomic mass is 10.1. The maximum absolute atomic E-state index is 11.2. The van der Waals surface area contributed by atoms with Gasteiger partial charge in [-0.2, -0.15) is 4.98 Å². The largest absolute Gasteiger partial charge is 0.343 e. The summed E-state index contributed by atoms with van der Waals surface area (Å²) in [5.41, 5.74) is 5.96. The maximum atomic E-state index is 11.2. The van der Waals surface area contributed by atoms with Crippen LogP contribution in [0.1, 0.15) is 43.1 Å². The summed E-state index contributed by atoms with van der Waals surface area (Å²) in [5, 5.41) is 4.06. The van der Waals surface area contributed by atoms with E-state index in [1.54, 1.807) is 0 Å². The van der Waals surface area contributed by atoms with Gasteiger partial charge in [0.2, 0.25) is 5.89 Å². The predicted molar refractivity (Wildman–Crippen MR) is 80.8 cm³/mol. The third-order valence-electron chi connectivity index (χ3n) is 3.86. The van der Waals surface area contributed by atoms with E-state index in [9.17, 15) is 8.42 Å². The van der Waals surface area contributed by atoms with Crippen molar-refractivity contribution < 1.29 is 12.9 Å². The van der Waals surface area contributed by atoms with E-state index in [2.05, 4.69) is 14.7 Å². The van der Waals surface area contributed by atoms with Gasteiger partial charge in [-0.05, 0) is 37.3 Å². The smallest absolute Gasteiger partial charge is 0.243 e. The van der Waals surface area contributed by atoms with Gasteiger partial charge in [0.15, 0.2) is 5.82 Å². The number of hydrogen-bond acceptors (Lipinski definition) is 6. The first-order valence-electron chi connectivity index (χ1n) is 7.33. The Labute approximate surface area is 129 Å². The number of rotatable bonds is 7. The molecule has 8 heteroatoms. The van der Waals surface area contributed by atoms with Crippen LogP contribution in [0.4, 0.5) is 0 Å². The van der Waals surface area contributed by atoms with Crippen LogP contribution < -0.4 is 5.73 Å². The molecule has 1 fully saturated rings. The van der Waals surface area contributed by atoms with E-state index in [-0.39, 0.29) is 18.2 Å². The quantitative estimate of drug-likeness (QED) is 0.823. The molecule has 0 bridgehead atoms. The van der Waals surface area contributed by atoms with E-state index in [0.717, 1.165) is 12.8 Å². The fraction of sp³-hybridized carbons (Fsp3) is 0.571. The van der Waals surface area contributed by atoms with Crippen LogP contribution >= 0.6 is 0 Å². The minimum atomic E-state index is -3.05. The molecule has 2 heterocycles. The molecule has 0 unspecified atom stereocenters. The van der Waals surface area contributed by atoms with E-state index in [1.807, 2.05) is 24.5 Å². The van der Waals surface area contributed by atoms with Gasteiger partial charge in [-0.15, -0.1) is 0 Å². The minimum absolute atomic E-state index is 0.00946. The van der Waals surface area contributed by atoms with Gasteiger partial charge >= 0.3 is 0 Å². The van der Waals surface area contributed by atoms with Gasteiger partial charge < -0.3 is 14.8 Å². The molecule has 120 valence electrons. The van der Waals surface area contributed by atoms with Gasteiger partial charge in [-0.3, -0.25) is 0 Å². The van der Waals surface area contributed by atoms with Crippen molar-refractivity contribution >= 4 is 9.84 Å². The van der Waals surface area contributed by atoms with E-state index in [0.29, 0.717) is 17.6 Å². The van der Waals surface area contributed by atoms with Crippen molar-refractivity contribution in [3.05, 3.63) is 36.2 Å². The molecule has 22 heavy (non-hydrogen) atoms. The Balaban J connectivity index is 1.75. The second kappa shape index (κ2) is 5.85. The van der Waals surface area contributed by atoms with Crippen molar-refractivity contribution in [2.45, 2.75) is 31.3 Å². The first-order chi connectivity index (χ1) is 10.4. The fourth-order valence-electron chi connectivity index (χ4n) is 2.52. The highest BCUT2D eigenvalue weighted by Crippen LogP contribution is 2.42. The topological polar surface area (TPSA) is 104 Å². The Morgan fingerprint density at radius 2 is 2.09 bits per heavy atom. The molecule has 0 aromatic carbocycles. The number of nitrogens with zero attached hydrogens (tertiary/aromatic N) is 3. The third-order valence-corrected chi connectivity index (χ3v) is 4.83. The van der Waals surface area contributed by atoms with Crippen molar-refractivity contribution in [1.82, 2.24) is 14.7 Å². The van der Waals surface area contributed by atoms with Crippen LogP contribution in [0, 0.1) is 5.92 Å². The van der Waals surface area contributed by atoms with Crippen LogP contribution in [0.15, 0.2) is 29.0 Å². The van der Waals surface area contributed by atoms with Gasteiger partial charge in [0.1, 0.15) is 9.84 Å². The van der Waals surface area contributed by atoms with Gasteiger partial charge in [0.05, 0.1) is 17.8 Å². The van der Waals surface area contributed by atoms with Gasteiger partial charge in [-0.1, -0.05) is 5.16 Å². The highest BCUT2D eigenvalue weighted by Gasteiger charge is 2.36. The zero-order valence-electron chi connectivity index (χ0n) is 12.4. The third kappa shape index (κ3) is 3.56. The number of aromatic nitrogens is 3. The summed E-state index contributed by atoms with van der Waals surface area (Å²) >= 11 is 0. The number of sulfone groups is 1. The molecule has 0 radical (unpaired) electrons. The minimum Gasteiger partial charge on any atom is -0.343 e. The van der Waals surface area contributed by atoms with Gasteiger partial charge in [0, 0.05) is 18.6 Å². The van der Waals surface area contributed by atoms with Crippen LogP contribution in [0.5, 0.6) is 0 Å². The molecule has 2 N–H and O–H groups in total. The summed E-state index contributed by atoms with van der Waals surface area (Å²) in [5.74, 6) is 1.44. The zero-order valence-corrected chi connectivity index (χ0v) is 13.2. The molecule has 7 nitrogen and oxygen atoms in total. The predicted octanol–water partition coefficient (Wildman–Crippen LogP) is 1.30. The van der Waals surface area contributed by atoms with Crippen molar-refractivity contribution in [3.63, 3.8) is 0 Å². The highest BCUT2D eigenvalue weighted by atomic mass is 32.2. The first kappa shape index (κ1) is 15.2. The van der Waals surface area contributed by atoms with Crippen molar-refractivity contribution in [2.24, 2.45) is 11.7 Å². The molecular formula is C14H20N4O3S. The molecule has 0 spiro atoms. The van der Waals surface area contributed by atoms with Crippen LogP contribution in [-0.4, -0.2) is 35.1 Å². The lowest BCUT2D eigenvalue weighted by molar-refractivity contribution is 0.341. The summed E-state index contributed by atoms with van der Waals surface area (Å²) < 4.78 is 29.7. The second-order valence-corrected chi connectivity index (χ2v) is 8.19. The molecule has 2 atom stereocenters. The Morgan fingerprint density at radius 3 is 2.68 bits per heavy atom. The first-order valence-corrected chi connectivity index (χ1v) is 9.39. The Bertz CT molecular complexity index is 719. The molecule has 0 amide bonds. The van der Waals surface area contributed by atoms with Crippen LogP contribution in [0.2, 0.25) is 0 Å². The monoisotopic (exact) mass is 324 g/mol. The SMILES string of the molecule is CS(=O)(=O)CC[C@H](N)c1nc([C@@H](C2CC2)n2cccc2)no1. The lowest BCUT2D eigenvalue weighted by Gasteiger charge is -2.14. The average Bonchev–Trinajstić information content (AvgIpc) is 2.94. The summed E-state index contributed by atoms with van der Waals surface area (Å²) in [6.07, 6.45) is 7.73. The number of hydrogen-bond donors (Lipinski definition) is 1. The van der Waals surface area contributed by atoms with Crippen molar-refractivity contribution in [2.75, 3.05) is 12.0 Å². The van der Waals surface area contributed by atoms with Crippen LogP contribution in [0.25, 0.3) is 0 Å². The summed E-state index contributed by atoms with van der Waals surface area (Å²) in [4.78, 5) is 4.41. The Kier molecular flexibility index (Phi) is 4.05. The second-order valence-electron chi connectivity index (χ2n) is 5.93. The Hall–Kier alpha value is -1.67. The number of nitrogens with two attached hydrogens (primary N) is 1. The zero-order chi connectivity index (χ0) is 15.7. The molecule has 2 aromatic heterocycles. The van der Waals surface area contributed by atoms with Crippen LogP contribution in [0.3, 0.4) is 0 Å². The fourth-order valence-corrected chi connectivity index (χ4v) is 3.20. The maximum Gasteiger partial charge on any atom is 0.243 e. The van der Waals surface area contributed by atoms with E-state index in [4.69, 9.17) is 10.3 Å². The molecule has 0 saturated heterocycles. The molecule has 1 saturated carbocycles. The van der Waals surface area contributed by atoms with E-state index in [1.165, 1.54) is 6.26 Å². The average molecular weight is 324 g/mol. The van der Waals surface area contributed by atoms with E-state index < -0.39 is 15.9 Å². The van der Waals surface area contributed by atoms with Crippen molar-refractivity contribution in [1.29, 1.82) is 0 Å². The summed E-state index contributed by atoms with van der Waals surface area (Å²) in [6, 6.07) is 3.44. The molecule has 1 aliphatic rings. The molecule has 0 aliphatic heterocycles. The Morgan fingerprint density at radius 1 is 1.41 bits per heavy atom.